The molecule has 0 saturated carbocycles. The highest BCUT2D eigenvalue weighted by Gasteiger charge is 2.35. The number of amides is 1. The lowest BCUT2D eigenvalue weighted by molar-refractivity contribution is -0.121. The maximum absolute atomic E-state index is 11.6. The van der Waals surface area contributed by atoms with E-state index in [2.05, 4.69) is 11.4 Å². The molecular weight excluding hydrogens is 324 g/mol. The molecule has 0 spiro atoms. The van der Waals surface area contributed by atoms with Crippen LogP contribution < -0.4 is 11.1 Å². The lowest BCUT2D eigenvalue weighted by atomic mass is 9.97. The highest BCUT2D eigenvalue weighted by molar-refractivity contribution is 6.30. The Morgan fingerprint density at radius 2 is 2.08 bits per heavy atom. The van der Waals surface area contributed by atoms with Gasteiger partial charge in [0.15, 0.2) is 0 Å². The summed E-state index contributed by atoms with van der Waals surface area (Å²) in [5.74, 6) is -1.06. The van der Waals surface area contributed by atoms with E-state index in [0.29, 0.717) is 13.0 Å². The topological polar surface area (TPSA) is 75.4 Å². The predicted molar refractivity (Wildman–Crippen MR) is 95.0 cm³/mol. The van der Waals surface area contributed by atoms with E-state index in [-0.39, 0.29) is 0 Å². The van der Waals surface area contributed by atoms with E-state index < -0.39 is 17.9 Å². The third-order valence-corrected chi connectivity index (χ3v) is 4.71. The van der Waals surface area contributed by atoms with Gasteiger partial charge < -0.3 is 16.2 Å². The SMILES string of the molecule is NC(=O)[C@@H]1c2cc(CNCCc3cccc(Cl)c3)ccc2C[C@H]1O. The number of aliphatic hydroxyl groups is 1. The molecule has 0 aromatic heterocycles. The normalized spacial score (nSPS) is 19.2. The van der Waals surface area contributed by atoms with Crippen molar-refractivity contribution in [3.05, 3.63) is 69.7 Å². The van der Waals surface area contributed by atoms with Crippen molar-refractivity contribution in [3.8, 4) is 0 Å². The van der Waals surface area contributed by atoms with Crippen LogP contribution in [0.15, 0.2) is 42.5 Å². The fourth-order valence-electron chi connectivity index (χ4n) is 3.28. The molecule has 2 aromatic rings. The molecule has 0 heterocycles. The predicted octanol–water partition coefficient (Wildman–Crippen LogP) is 2.16. The maximum atomic E-state index is 11.6. The highest BCUT2D eigenvalue weighted by atomic mass is 35.5. The summed E-state index contributed by atoms with van der Waals surface area (Å²) in [7, 11) is 0. The van der Waals surface area contributed by atoms with Crippen LogP contribution in [0.4, 0.5) is 0 Å². The van der Waals surface area contributed by atoms with Gasteiger partial charge in [0.25, 0.3) is 0 Å². The summed E-state index contributed by atoms with van der Waals surface area (Å²) in [5, 5.41) is 14.2. The highest BCUT2D eigenvalue weighted by Crippen LogP contribution is 2.33. The van der Waals surface area contributed by atoms with E-state index in [0.717, 1.165) is 34.7 Å². The van der Waals surface area contributed by atoms with Crippen molar-refractivity contribution in [1.82, 2.24) is 5.32 Å². The van der Waals surface area contributed by atoms with Gasteiger partial charge >= 0.3 is 0 Å². The first kappa shape index (κ1) is 17.0. The Labute approximate surface area is 146 Å². The molecule has 2 atom stereocenters. The smallest absolute Gasteiger partial charge is 0.227 e. The number of aliphatic hydroxyl groups excluding tert-OH is 1. The number of carbonyl (C=O) groups excluding carboxylic acids is 1. The van der Waals surface area contributed by atoms with Crippen molar-refractivity contribution in [3.63, 3.8) is 0 Å². The number of benzene rings is 2. The molecule has 0 unspecified atom stereocenters. The van der Waals surface area contributed by atoms with Crippen molar-refractivity contribution in [2.45, 2.75) is 31.4 Å². The maximum Gasteiger partial charge on any atom is 0.227 e. The van der Waals surface area contributed by atoms with Crippen molar-refractivity contribution in [2.24, 2.45) is 5.73 Å². The number of hydrogen-bond donors (Lipinski definition) is 3. The first-order valence-electron chi connectivity index (χ1n) is 8.09. The molecule has 0 fully saturated rings. The largest absolute Gasteiger partial charge is 0.392 e. The van der Waals surface area contributed by atoms with Crippen molar-refractivity contribution in [1.29, 1.82) is 0 Å². The summed E-state index contributed by atoms with van der Waals surface area (Å²) in [5.41, 5.74) is 9.58. The first-order valence-corrected chi connectivity index (χ1v) is 8.46. The molecule has 0 saturated heterocycles. The third-order valence-electron chi connectivity index (χ3n) is 4.47. The Balaban J connectivity index is 1.58. The Morgan fingerprint density at radius 3 is 2.83 bits per heavy atom. The van der Waals surface area contributed by atoms with E-state index in [9.17, 15) is 9.90 Å². The van der Waals surface area contributed by atoms with Crippen molar-refractivity contribution >= 4 is 17.5 Å². The number of primary amides is 1. The molecule has 4 N–H and O–H groups in total. The summed E-state index contributed by atoms with van der Waals surface area (Å²) < 4.78 is 0. The molecule has 3 rings (SSSR count). The summed E-state index contributed by atoms with van der Waals surface area (Å²) in [6.07, 6.45) is 0.683. The average molecular weight is 345 g/mol. The molecule has 1 amide bonds. The summed E-state index contributed by atoms with van der Waals surface area (Å²) in [6.45, 7) is 1.54. The van der Waals surface area contributed by atoms with E-state index in [1.807, 2.05) is 36.4 Å². The monoisotopic (exact) mass is 344 g/mol. The van der Waals surface area contributed by atoms with E-state index in [1.165, 1.54) is 5.56 Å². The Bertz CT molecular complexity index is 748. The zero-order valence-electron chi connectivity index (χ0n) is 13.3. The van der Waals surface area contributed by atoms with Gasteiger partial charge in [0.2, 0.25) is 5.91 Å². The lowest BCUT2D eigenvalue weighted by Gasteiger charge is -2.12. The van der Waals surface area contributed by atoms with Crippen LogP contribution in [0.25, 0.3) is 0 Å². The molecule has 1 aliphatic carbocycles. The molecule has 2 aromatic carbocycles. The number of carbonyl (C=O) groups is 1. The number of fused-ring (bicyclic) bond motifs is 1. The standard InChI is InChI=1S/C19H21ClN2O2/c20-15-3-1-2-12(8-15)6-7-22-11-13-4-5-14-10-17(23)18(19(21)24)16(14)9-13/h1-5,8-9,17-18,22-23H,6-7,10-11H2,(H2,21,24)/t17-,18-/m1/s1. The Morgan fingerprint density at radius 1 is 1.25 bits per heavy atom. The fraction of sp³-hybridized carbons (Fsp3) is 0.316. The van der Waals surface area contributed by atoms with Crippen molar-refractivity contribution in [2.75, 3.05) is 6.54 Å². The molecule has 5 heteroatoms. The molecule has 24 heavy (non-hydrogen) atoms. The van der Waals surface area contributed by atoms with Crippen molar-refractivity contribution < 1.29 is 9.90 Å². The number of rotatable bonds is 6. The van der Waals surface area contributed by atoms with E-state index in [4.69, 9.17) is 17.3 Å². The van der Waals surface area contributed by atoms with Crippen LogP contribution >= 0.6 is 11.6 Å². The summed E-state index contributed by atoms with van der Waals surface area (Å²) in [4.78, 5) is 11.6. The van der Waals surface area contributed by atoms with Crippen LogP contribution in [0.1, 0.15) is 28.2 Å². The van der Waals surface area contributed by atoms with Crippen LogP contribution in [0.3, 0.4) is 0 Å². The zero-order chi connectivity index (χ0) is 17.1. The van der Waals surface area contributed by atoms with Gasteiger partial charge in [-0.2, -0.15) is 0 Å². The van der Waals surface area contributed by atoms with Gasteiger partial charge in [0.05, 0.1) is 12.0 Å². The van der Waals surface area contributed by atoms with Gasteiger partial charge in [-0.3, -0.25) is 4.79 Å². The number of nitrogens with one attached hydrogen (secondary N) is 1. The van der Waals surface area contributed by atoms with Gasteiger partial charge in [0.1, 0.15) is 0 Å². The van der Waals surface area contributed by atoms with Crippen LogP contribution in [0.2, 0.25) is 5.02 Å². The van der Waals surface area contributed by atoms with Gasteiger partial charge in [-0.15, -0.1) is 0 Å². The van der Waals surface area contributed by atoms with Crippen LogP contribution in [0.5, 0.6) is 0 Å². The number of nitrogens with two attached hydrogens (primary N) is 1. The van der Waals surface area contributed by atoms with Gasteiger partial charge in [-0.1, -0.05) is 41.9 Å². The van der Waals surface area contributed by atoms with E-state index in [1.54, 1.807) is 0 Å². The molecule has 0 radical (unpaired) electrons. The minimum Gasteiger partial charge on any atom is -0.392 e. The number of hydrogen-bond acceptors (Lipinski definition) is 3. The Hall–Kier alpha value is -1.88. The van der Waals surface area contributed by atoms with Gasteiger partial charge in [-0.05, 0) is 53.8 Å². The Kier molecular flexibility index (Phi) is 5.19. The molecular formula is C19H21ClN2O2. The molecule has 126 valence electrons. The second-order valence-corrected chi connectivity index (χ2v) is 6.68. The van der Waals surface area contributed by atoms with Gasteiger partial charge in [0, 0.05) is 11.6 Å². The average Bonchev–Trinajstić information content (AvgIpc) is 2.87. The molecule has 0 aliphatic heterocycles. The summed E-state index contributed by atoms with van der Waals surface area (Å²) in [6, 6.07) is 13.8. The molecule has 4 nitrogen and oxygen atoms in total. The number of halogens is 1. The lowest BCUT2D eigenvalue weighted by Crippen LogP contribution is -2.28. The second kappa shape index (κ2) is 7.34. The third kappa shape index (κ3) is 3.78. The van der Waals surface area contributed by atoms with Crippen LogP contribution in [-0.4, -0.2) is 23.7 Å². The quantitative estimate of drug-likeness (QED) is 0.703. The second-order valence-electron chi connectivity index (χ2n) is 6.24. The van der Waals surface area contributed by atoms with Gasteiger partial charge in [-0.25, -0.2) is 0 Å². The summed E-state index contributed by atoms with van der Waals surface area (Å²) >= 11 is 5.98. The molecule has 0 bridgehead atoms. The minimum atomic E-state index is -0.705. The molecule has 1 aliphatic rings. The van der Waals surface area contributed by atoms with Crippen LogP contribution in [0, 0.1) is 0 Å². The minimum absolute atomic E-state index is 0.465. The fourth-order valence-corrected chi connectivity index (χ4v) is 3.49. The first-order chi connectivity index (χ1) is 11.5. The van der Waals surface area contributed by atoms with Crippen LogP contribution in [-0.2, 0) is 24.2 Å². The zero-order valence-corrected chi connectivity index (χ0v) is 14.1. The van der Waals surface area contributed by atoms with E-state index >= 15 is 0 Å².